The van der Waals surface area contributed by atoms with E-state index in [1.54, 1.807) is 6.08 Å². The number of phosphoric acid groups is 1. The molecule has 0 aromatic rings. The third-order valence-electron chi connectivity index (χ3n) is 9.49. The van der Waals surface area contributed by atoms with E-state index in [4.69, 9.17) is 9.05 Å². The fourth-order valence-electron chi connectivity index (χ4n) is 5.94. The number of hydrogen-bond acceptors (Lipinski definition) is 6. The molecule has 0 aliphatic carbocycles. The van der Waals surface area contributed by atoms with E-state index in [1.165, 1.54) is 103 Å². The van der Waals surface area contributed by atoms with E-state index in [1.807, 2.05) is 27.2 Å². The van der Waals surface area contributed by atoms with Crippen LogP contribution >= 0.6 is 7.82 Å². The molecule has 3 atom stereocenters. The predicted molar refractivity (Wildman–Crippen MR) is 228 cm³/mol. The fourth-order valence-corrected chi connectivity index (χ4v) is 6.66. The Morgan fingerprint density at radius 2 is 1.04 bits per heavy atom. The summed E-state index contributed by atoms with van der Waals surface area (Å²) in [5.74, 6) is -0.230. The number of nitrogens with one attached hydrogen (secondary N) is 1. The summed E-state index contributed by atoms with van der Waals surface area (Å²) in [7, 11) is 1.22. The van der Waals surface area contributed by atoms with E-state index in [9.17, 15) is 19.4 Å². The van der Waals surface area contributed by atoms with Gasteiger partial charge in [-0.15, -0.1) is 0 Å². The van der Waals surface area contributed by atoms with Crippen molar-refractivity contribution in [3.63, 3.8) is 0 Å². The highest BCUT2D eigenvalue weighted by Crippen LogP contribution is 2.38. The van der Waals surface area contributed by atoms with Gasteiger partial charge in [-0.1, -0.05) is 152 Å². The molecule has 0 rings (SSSR count). The summed E-state index contributed by atoms with van der Waals surface area (Å²) < 4.78 is 23.1. The van der Waals surface area contributed by atoms with Crippen LogP contribution in [-0.4, -0.2) is 68.5 Å². The predicted octanol–water partition coefficient (Wildman–Crippen LogP) is 11.4. The number of amides is 1. The molecule has 9 heteroatoms. The molecular weight excluding hydrogens is 695 g/mol. The molecule has 0 aliphatic rings. The molecule has 0 saturated heterocycles. The van der Waals surface area contributed by atoms with Crippen molar-refractivity contribution in [3.05, 3.63) is 48.6 Å². The van der Waals surface area contributed by atoms with Crippen molar-refractivity contribution < 1.29 is 32.9 Å². The molecule has 0 spiro atoms. The number of aliphatic hydroxyl groups is 1. The first-order chi connectivity index (χ1) is 26.0. The Balaban J connectivity index is 4.54. The third-order valence-corrected chi connectivity index (χ3v) is 10.5. The van der Waals surface area contributed by atoms with Gasteiger partial charge in [0, 0.05) is 6.42 Å². The molecule has 8 nitrogen and oxygen atoms in total. The number of phosphoric ester groups is 1. The van der Waals surface area contributed by atoms with Gasteiger partial charge < -0.3 is 28.8 Å². The summed E-state index contributed by atoms with van der Waals surface area (Å²) in [6, 6.07) is -0.916. The van der Waals surface area contributed by atoms with E-state index in [-0.39, 0.29) is 12.5 Å². The summed E-state index contributed by atoms with van der Waals surface area (Å²) in [5, 5.41) is 13.7. The van der Waals surface area contributed by atoms with Gasteiger partial charge in [-0.25, -0.2) is 0 Å². The minimum Gasteiger partial charge on any atom is -0.756 e. The molecule has 0 aromatic carbocycles. The van der Waals surface area contributed by atoms with Gasteiger partial charge in [0.15, 0.2) is 0 Å². The number of likely N-dealkylation sites (N-methyl/N-ethyl adjacent to an activating group) is 1. The van der Waals surface area contributed by atoms with Gasteiger partial charge in [-0.05, 0) is 70.6 Å². The SMILES string of the molecule is CCCCCCCC/C=C\CCCCCC(=O)NC(COP(=O)([O-])OCC[N+](C)(C)C)C(O)/C=C/CC/C=C/CC/C=C/CCCCCCCCCCC. The topological polar surface area (TPSA) is 108 Å². The third kappa shape index (κ3) is 38.7. The highest BCUT2D eigenvalue weighted by molar-refractivity contribution is 7.45. The van der Waals surface area contributed by atoms with Crippen molar-refractivity contribution in [2.75, 3.05) is 40.9 Å². The van der Waals surface area contributed by atoms with Crippen LogP contribution in [0.15, 0.2) is 48.6 Å². The molecule has 0 radical (unpaired) electrons. The molecule has 0 bridgehead atoms. The van der Waals surface area contributed by atoms with Gasteiger partial charge in [0.25, 0.3) is 7.82 Å². The fraction of sp³-hybridized carbons (Fsp3) is 0.800. The van der Waals surface area contributed by atoms with E-state index >= 15 is 0 Å². The smallest absolute Gasteiger partial charge is 0.268 e. The second kappa shape index (κ2) is 37.1. The standard InChI is InChI=1S/C45H85N2O6P/c1-6-8-10-12-14-16-18-20-21-22-23-24-25-27-28-30-32-34-36-38-44(48)43(42-53-54(50,51)52-41-40-47(3,4)5)46-45(49)39-37-35-33-31-29-26-19-17-15-13-11-9-7-2/h23-24,26,28-30,36,38,43-44,48H,6-22,25,27,31-35,37,39-42H2,1-5H3,(H-,46,49,50,51)/b24-23+,29-26-,30-28+,38-36+. The van der Waals surface area contributed by atoms with Gasteiger partial charge in [0.05, 0.1) is 39.9 Å². The summed E-state index contributed by atoms with van der Waals surface area (Å²) in [4.78, 5) is 25.2. The van der Waals surface area contributed by atoms with Crippen LogP contribution in [0.4, 0.5) is 0 Å². The van der Waals surface area contributed by atoms with Crippen LogP contribution in [0.1, 0.15) is 181 Å². The number of hydrogen-bond donors (Lipinski definition) is 2. The summed E-state index contributed by atoms with van der Waals surface area (Å²) in [5.41, 5.74) is 0. The Morgan fingerprint density at radius 3 is 1.50 bits per heavy atom. The molecule has 316 valence electrons. The first-order valence-corrected chi connectivity index (χ1v) is 23.5. The van der Waals surface area contributed by atoms with Gasteiger partial charge in [-0.3, -0.25) is 9.36 Å². The molecule has 0 fully saturated rings. The lowest BCUT2D eigenvalue weighted by molar-refractivity contribution is -0.870. The van der Waals surface area contributed by atoms with Crippen LogP contribution in [0.25, 0.3) is 0 Å². The Hall–Kier alpha value is -1.54. The first kappa shape index (κ1) is 52.5. The molecular formula is C45H85N2O6P. The number of carbonyl (C=O) groups is 1. The number of rotatable bonds is 39. The summed E-state index contributed by atoms with van der Waals surface area (Å²) in [6.45, 7) is 4.58. The minimum absolute atomic E-state index is 0.0127. The number of allylic oxidation sites excluding steroid dienone is 7. The summed E-state index contributed by atoms with van der Waals surface area (Å²) in [6.07, 6.45) is 45.9. The van der Waals surface area contributed by atoms with Gasteiger partial charge >= 0.3 is 0 Å². The van der Waals surface area contributed by atoms with Crippen molar-refractivity contribution in [1.29, 1.82) is 0 Å². The van der Waals surface area contributed by atoms with Crippen LogP contribution < -0.4 is 10.2 Å². The second-order valence-electron chi connectivity index (χ2n) is 16.0. The molecule has 0 aliphatic heterocycles. The lowest BCUT2D eigenvalue weighted by Gasteiger charge is -2.29. The van der Waals surface area contributed by atoms with Gasteiger partial charge in [0.1, 0.15) is 13.2 Å². The summed E-state index contributed by atoms with van der Waals surface area (Å²) >= 11 is 0. The van der Waals surface area contributed by atoms with E-state index in [2.05, 4.69) is 55.6 Å². The Labute approximate surface area is 333 Å². The molecule has 0 heterocycles. The molecule has 2 N–H and O–H groups in total. The Morgan fingerprint density at radius 1 is 0.630 bits per heavy atom. The quantitative estimate of drug-likeness (QED) is 0.0278. The number of carbonyl (C=O) groups excluding carboxylic acids is 1. The zero-order valence-electron chi connectivity index (χ0n) is 35.7. The van der Waals surface area contributed by atoms with Crippen LogP contribution in [0.2, 0.25) is 0 Å². The van der Waals surface area contributed by atoms with Crippen LogP contribution in [0, 0.1) is 0 Å². The number of quaternary nitrogens is 1. The lowest BCUT2D eigenvalue weighted by Crippen LogP contribution is -2.45. The highest BCUT2D eigenvalue weighted by Gasteiger charge is 2.23. The molecule has 0 aromatic heterocycles. The normalized spacial score (nSPS) is 14.9. The first-order valence-electron chi connectivity index (χ1n) is 22.0. The van der Waals surface area contributed by atoms with Crippen LogP contribution in [-0.2, 0) is 18.4 Å². The van der Waals surface area contributed by atoms with Crippen molar-refractivity contribution in [2.24, 2.45) is 0 Å². The monoisotopic (exact) mass is 781 g/mol. The molecule has 0 saturated carbocycles. The van der Waals surface area contributed by atoms with Gasteiger partial charge in [-0.2, -0.15) is 0 Å². The lowest BCUT2D eigenvalue weighted by atomic mass is 10.1. The maximum Gasteiger partial charge on any atom is 0.268 e. The van der Waals surface area contributed by atoms with E-state index in [0.29, 0.717) is 17.4 Å². The zero-order valence-corrected chi connectivity index (χ0v) is 36.6. The van der Waals surface area contributed by atoms with Crippen molar-refractivity contribution in [1.82, 2.24) is 5.32 Å². The minimum atomic E-state index is -4.60. The molecule has 54 heavy (non-hydrogen) atoms. The maximum absolute atomic E-state index is 12.8. The van der Waals surface area contributed by atoms with Crippen LogP contribution in [0.5, 0.6) is 0 Å². The van der Waals surface area contributed by atoms with Gasteiger partial charge in [0.2, 0.25) is 5.91 Å². The number of unbranched alkanes of at least 4 members (excludes halogenated alkanes) is 20. The second-order valence-corrected chi connectivity index (χ2v) is 17.4. The Bertz CT molecular complexity index is 1020. The average Bonchev–Trinajstić information content (AvgIpc) is 3.12. The van der Waals surface area contributed by atoms with Crippen LogP contribution in [0.3, 0.4) is 0 Å². The average molecular weight is 781 g/mol. The van der Waals surface area contributed by atoms with Crippen molar-refractivity contribution in [2.45, 2.75) is 193 Å². The van der Waals surface area contributed by atoms with Crippen molar-refractivity contribution in [3.8, 4) is 0 Å². The van der Waals surface area contributed by atoms with E-state index < -0.39 is 26.6 Å². The van der Waals surface area contributed by atoms with E-state index in [0.717, 1.165) is 57.8 Å². The number of aliphatic hydroxyl groups excluding tert-OH is 1. The molecule has 3 unspecified atom stereocenters. The maximum atomic E-state index is 12.8. The van der Waals surface area contributed by atoms with Crippen molar-refractivity contribution >= 4 is 13.7 Å². The number of nitrogens with zero attached hydrogens (tertiary/aromatic N) is 1. The Kier molecular flexibility index (Phi) is 36.0. The highest BCUT2D eigenvalue weighted by atomic mass is 31.2. The zero-order chi connectivity index (χ0) is 40.0. The largest absolute Gasteiger partial charge is 0.756 e. The molecule has 1 amide bonds.